The van der Waals surface area contributed by atoms with Crippen LogP contribution in [0.1, 0.15) is 10.6 Å². The maximum Gasteiger partial charge on any atom is 0.287 e. The molecule has 0 spiro atoms. The molecule has 1 aromatic heterocycles. The summed E-state index contributed by atoms with van der Waals surface area (Å²) in [5.74, 6) is 0.271. The SMILES string of the molecule is CN(C)CCNC(=O)c1ccc(N)o1. The molecule has 0 aliphatic heterocycles. The topological polar surface area (TPSA) is 71.5 Å². The van der Waals surface area contributed by atoms with Gasteiger partial charge in [-0.25, -0.2) is 0 Å². The minimum Gasteiger partial charge on any atom is -0.436 e. The average molecular weight is 197 g/mol. The van der Waals surface area contributed by atoms with Gasteiger partial charge in [-0.2, -0.15) is 0 Å². The Morgan fingerprint density at radius 2 is 2.29 bits per heavy atom. The number of amides is 1. The Morgan fingerprint density at radius 1 is 1.57 bits per heavy atom. The number of nitrogens with one attached hydrogen (secondary N) is 1. The number of nitrogen functional groups attached to an aromatic ring is 1. The molecule has 3 N–H and O–H groups in total. The van der Waals surface area contributed by atoms with E-state index in [4.69, 9.17) is 10.2 Å². The van der Waals surface area contributed by atoms with Crippen molar-refractivity contribution in [3.05, 3.63) is 17.9 Å². The van der Waals surface area contributed by atoms with E-state index >= 15 is 0 Å². The summed E-state index contributed by atoms with van der Waals surface area (Å²) in [7, 11) is 3.88. The van der Waals surface area contributed by atoms with Crippen LogP contribution in [-0.4, -0.2) is 38.0 Å². The molecule has 14 heavy (non-hydrogen) atoms. The largest absolute Gasteiger partial charge is 0.436 e. The molecule has 78 valence electrons. The maximum absolute atomic E-state index is 11.4. The minimum absolute atomic E-state index is 0.233. The van der Waals surface area contributed by atoms with E-state index in [2.05, 4.69) is 5.32 Å². The Balaban J connectivity index is 2.36. The van der Waals surface area contributed by atoms with Crippen molar-refractivity contribution in [3.63, 3.8) is 0 Å². The molecule has 0 atom stereocenters. The predicted molar refractivity (Wildman–Crippen MR) is 54.0 cm³/mol. The van der Waals surface area contributed by atoms with Crippen LogP contribution >= 0.6 is 0 Å². The summed E-state index contributed by atoms with van der Waals surface area (Å²) >= 11 is 0. The normalized spacial score (nSPS) is 10.5. The third-order valence-electron chi connectivity index (χ3n) is 1.70. The predicted octanol–water partition coefficient (Wildman–Crippen LogP) is 0.153. The minimum atomic E-state index is -0.233. The van der Waals surface area contributed by atoms with Gasteiger partial charge >= 0.3 is 0 Å². The highest BCUT2D eigenvalue weighted by Crippen LogP contribution is 2.08. The van der Waals surface area contributed by atoms with E-state index in [1.807, 2.05) is 19.0 Å². The molecule has 0 fully saturated rings. The third-order valence-corrected chi connectivity index (χ3v) is 1.70. The lowest BCUT2D eigenvalue weighted by Gasteiger charge is -2.09. The number of hydrogen-bond donors (Lipinski definition) is 2. The van der Waals surface area contributed by atoms with Gasteiger partial charge in [-0.05, 0) is 20.2 Å². The van der Waals surface area contributed by atoms with Crippen LogP contribution in [0.2, 0.25) is 0 Å². The van der Waals surface area contributed by atoms with E-state index in [0.717, 1.165) is 6.54 Å². The van der Waals surface area contributed by atoms with Crippen LogP contribution in [0.3, 0.4) is 0 Å². The van der Waals surface area contributed by atoms with Gasteiger partial charge in [0.2, 0.25) is 0 Å². The molecule has 0 saturated heterocycles. The number of nitrogens with two attached hydrogens (primary N) is 1. The van der Waals surface area contributed by atoms with Gasteiger partial charge in [-0.3, -0.25) is 4.79 Å². The highest BCUT2D eigenvalue weighted by Gasteiger charge is 2.08. The fourth-order valence-electron chi connectivity index (χ4n) is 0.955. The number of anilines is 1. The quantitative estimate of drug-likeness (QED) is 0.721. The fraction of sp³-hybridized carbons (Fsp3) is 0.444. The smallest absolute Gasteiger partial charge is 0.287 e. The second-order valence-electron chi connectivity index (χ2n) is 3.26. The number of hydrogen-bond acceptors (Lipinski definition) is 4. The van der Waals surface area contributed by atoms with Crippen molar-refractivity contribution in [3.8, 4) is 0 Å². The highest BCUT2D eigenvalue weighted by atomic mass is 16.4. The van der Waals surface area contributed by atoms with Gasteiger partial charge in [0.25, 0.3) is 5.91 Å². The number of furan rings is 1. The Bertz CT molecular complexity index is 307. The first-order chi connectivity index (χ1) is 6.59. The summed E-state index contributed by atoms with van der Waals surface area (Å²) in [5.41, 5.74) is 5.34. The molecular formula is C9H15N3O2. The number of rotatable bonds is 4. The summed E-state index contributed by atoms with van der Waals surface area (Å²) in [6.45, 7) is 1.38. The lowest BCUT2D eigenvalue weighted by molar-refractivity contribution is 0.0924. The van der Waals surface area contributed by atoms with Gasteiger partial charge in [0, 0.05) is 19.2 Å². The molecule has 1 aromatic rings. The van der Waals surface area contributed by atoms with Gasteiger partial charge in [0.05, 0.1) is 0 Å². The number of likely N-dealkylation sites (N-methyl/N-ethyl adjacent to an activating group) is 1. The first kappa shape index (κ1) is 10.6. The Morgan fingerprint density at radius 3 is 2.79 bits per heavy atom. The standard InChI is InChI=1S/C9H15N3O2/c1-12(2)6-5-11-9(13)7-3-4-8(10)14-7/h3-4H,5-6,10H2,1-2H3,(H,11,13). The van der Waals surface area contributed by atoms with Gasteiger partial charge in [0.1, 0.15) is 0 Å². The van der Waals surface area contributed by atoms with Crippen LogP contribution in [0, 0.1) is 0 Å². The van der Waals surface area contributed by atoms with Crippen LogP contribution in [0.25, 0.3) is 0 Å². The van der Waals surface area contributed by atoms with E-state index in [9.17, 15) is 4.79 Å². The van der Waals surface area contributed by atoms with E-state index in [1.54, 1.807) is 12.1 Å². The Kier molecular flexibility index (Phi) is 3.53. The van der Waals surface area contributed by atoms with Crippen molar-refractivity contribution in [1.82, 2.24) is 10.2 Å². The molecule has 0 aromatic carbocycles. The van der Waals surface area contributed by atoms with Gasteiger partial charge in [0.15, 0.2) is 11.6 Å². The van der Waals surface area contributed by atoms with Crippen LogP contribution in [0.4, 0.5) is 5.88 Å². The first-order valence-electron chi connectivity index (χ1n) is 4.38. The zero-order valence-corrected chi connectivity index (χ0v) is 8.41. The highest BCUT2D eigenvalue weighted by molar-refractivity contribution is 5.91. The van der Waals surface area contributed by atoms with E-state index in [1.165, 1.54) is 0 Å². The molecule has 1 amide bonds. The molecule has 0 radical (unpaired) electrons. The van der Waals surface area contributed by atoms with Crippen LogP contribution in [-0.2, 0) is 0 Å². The average Bonchev–Trinajstić information content (AvgIpc) is 2.51. The zero-order chi connectivity index (χ0) is 10.6. The van der Waals surface area contributed by atoms with Crippen molar-refractivity contribution < 1.29 is 9.21 Å². The molecule has 5 heteroatoms. The van der Waals surface area contributed by atoms with Crippen molar-refractivity contribution in [2.24, 2.45) is 0 Å². The zero-order valence-electron chi connectivity index (χ0n) is 8.41. The molecule has 0 aliphatic rings. The molecule has 1 heterocycles. The Labute approximate surface area is 82.9 Å². The second-order valence-corrected chi connectivity index (χ2v) is 3.26. The van der Waals surface area contributed by atoms with E-state index in [0.29, 0.717) is 6.54 Å². The van der Waals surface area contributed by atoms with Crippen LogP contribution < -0.4 is 11.1 Å². The molecule has 5 nitrogen and oxygen atoms in total. The molecule has 0 bridgehead atoms. The molecular weight excluding hydrogens is 182 g/mol. The van der Waals surface area contributed by atoms with Gasteiger partial charge in [-0.15, -0.1) is 0 Å². The van der Waals surface area contributed by atoms with Crippen molar-refractivity contribution in [2.45, 2.75) is 0 Å². The Hall–Kier alpha value is -1.49. The van der Waals surface area contributed by atoms with E-state index in [-0.39, 0.29) is 17.6 Å². The summed E-state index contributed by atoms with van der Waals surface area (Å²) in [6.07, 6.45) is 0. The third kappa shape index (κ3) is 3.10. The summed E-state index contributed by atoms with van der Waals surface area (Å²) < 4.78 is 4.95. The number of carbonyl (C=O) groups is 1. The molecule has 0 unspecified atom stereocenters. The lowest BCUT2D eigenvalue weighted by atomic mass is 10.4. The molecule has 0 aliphatic carbocycles. The van der Waals surface area contributed by atoms with Gasteiger partial charge < -0.3 is 20.4 Å². The lowest BCUT2D eigenvalue weighted by Crippen LogP contribution is -2.31. The number of carbonyl (C=O) groups excluding carboxylic acids is 1. The van der Waals surface area contributed by atoms with Crippen molar-refractivity contribution in [2.75, 3.05) is 32.9 Å². The second kappa shape index (κ2) is 4.66. The van der Waals surface area contributed by atoms with E-state index < -0.39 is 0 Å². The fourth-order valence-corrected chi connectivity index (χ4v) is 0.955. The van der Waals surface area contributed by atoms with Gasteiger partial charge in [-0.1, -0.05) is 0 Å². The summed E-state index contributed by atoms with van der Waals surface area (Å²) in [4.78, 5) is 13.3. The van der Waals surface area contributed by atoms with Crippen LogP contribution in [0.15, 0.2) is 16.5 Å². The summed E-state index contributed by atoms with van der Waals surface area (Å²) in [6, 6.07) is 3.11. The van der Waals surface area contributed by atoms with Crippen molar-refractivity contribution >= 4 is 11.8 Å². The summed E-state index contributed by atoms with van der Waals surface area (Å²) in [5, 5.41) is 2.71. The maximum atomic E-state index is 11.4. The van der Waals surface area contributed by atoms with Crippen molar-refractivity contribution in [1.29, 1.82) is 0 Å². The first-order valence-corrected chi connectivity index (χ1v) is 4.38. The molecule has 0 saturated carbocycles. The number of nitrogens with zero attached hydrogens (tertiary/aromatic N) is 1. The van der Waals surface area contributed by atoms with Crippen LogP contribution in [0.5, 0.6) is 0 Å². The molecule has 1 rings (SSSR count). The monoisotopic (exact) mass is 197 g/mol.